The first-order valence-electron chi connectivity index (χ1n) is 4.48. The molecule has 0 aliphatic rings. The molecule has 1 heterocycles. The molecule has 0 bridgehead atoms. The van der Waals surface area contributed by atoms with E-state index in [0.29, 0.717) is 12.4 Å². The Bertz CT molecular complexity index is 444. The first kappa shape index (κ1) is 12.2. The molecule has 1 N–H and O–H groups in total. The van der Waals surface area contributed by atoms with E-state index in [0.717, 1.165) is 6.20 Å². The summed E-state index contributed by atoms with van der Waals surface area (Å²) >= 11 is 5.79. The van der Waals surface area contributed by atoms with Gasteiger partial charge in [0.25, 0.3) is 5.69 Å². The van der Waals surface area contributed by atoms with Crippen molar-refractivity contribution in [3.05, 3.63) is 27.4 Å². The Morgan fingerprint density at radius 2 is 2.50 bits per heavy atom. The summed E-state index contributed by atoms with van der Waals surface area (Å²) in [6.45, 7) is 2.13. The first-order chi connectivity index (χ1) is 7.54. The number of halogens is 1. The standard InChI is InChI=1S/C9H9ClN4O2/c1-6(3-11)4-12-9-8(10)2-7(5-13-9)14(15)16/h2,5-6H,4H2,1H3,(H,12,13). The predicted molar refractivity (Wildman–Crippen MR) is 59.2 cm³/mol. The van der Waals surface area contributed by atoms with Crippen molar-refractivity contribution in [1.29, 1.82) is 5.26 Å². The minimum absolute atomic E-state index is 0.163. The summed E-state index contributed by atoms with van der Waals surface area (Å²) in [5.41, 5.74) is -0.163. The molecule has 0 aromatic carbocycles. The van der Waals surface area contributed by atoms with Crippen LogP contribution >= 0.6 is 11.6 Å². The van der Waals surface area contributed by atoms with Gasteiger partial charge in [-0.25, -0.2) is 4.98 Å². The van der Waals surface area contributed by atoms with Gasteiger partial charge in [-0.15, -0.1) is 0 Å². The smallest absolute Gasteiger partial charge is 0.289 e. The van der Waals surface area contributed by atoms with E-state index >= 15 is 0 Å². The van der Waals surface area contributed by atoms with E-state index in [4.69, 9.17) is 16.9 Å². The molecule has 0 radical (unpaired) electrons. The number of hydrogen-bond acceptors (Lipinski definition) is 5. The monoisotopic (exact) mass is 240 g/mol. The molecule has 1 rings (SSSR count). The highest BCUT2D eigenvalue weighted by molar-refractivity contribution is 6.33. The van der Waals surface area contributed by atoms with Crippen LogP contribution in [-0.2, 0) is 0 Å². The average Bonchev–Trinajstić information content (AvgIpc) is 2.26. The Labute approximate surface area is 97.0 Å². The molecule has 0 amide bonds. The molecule has 7 heteroatoms. The van der Waals surface area contributed by atoms with E-state index in [9.17, 15) is 10.1 Å². The van der Waals surface area contributed by atoms with Crippen LogP contribution < -0.4 is 5.32 Å². The van der Waals surface area contributed by atoms with Crippen LogP contribution in [0.25, 0.3) is 0 Å². The van der Waals surface area contributed by atoms with Gasteiger partial charge >= 0.3 is 0 Å². The van der Waals surface area contributed by atoms with E-state index in [-0.39, 0.29) is 16.6 Å². The molecule has 0 aliphatic carbocycles. The Morgan fingerprint density at radius 3 is 3.00 bits per heavy atom. The summed E-state index contributed by atoms with van der Waals surface area (Å²) in [5.74, 6) is 0.155. The van der Waals surface area contributed by atoms with Crippen molar-refractivity contribution in [2.45, 2.75) is 6.92 Å². The van der Waals surface area contributed by atoms with E-state index in [1.165, 1.54) is 6.07 Å². The second-order valence-corrected chi connectivity index (χ2v) is 3.60. The second-order valence-electron chi connectivity index (χ2n) is 3.19. The zero-order valence-corrected chi connectivity index (χ0v) is 9.23. The quantitative estimate of drug-likeness (QED) is 0.643. The van der Waals surface area contributed by atoms with Gasteiger partial charge in [0.2, 0.25) is 0 Å². The lowest BCUT2D eigenvalue weighted by Gasteiger charge is -2.07. The molecule has 0 spiro atoms. The number of anilines is 1. The third-order valence-electron chi connectivity index (χ3n) is 1.83. The third-order valence-corrected chi connectivity index (χ3v) is 2.12. The highest BCUT2D eigenvalue weighted by Crippen LogP contribution is 2.23. The Balaban J connectivity index is 2.76. The van der Waals surface area contributed by atoms with Gasteiger partial charge in [0.15, 0.2) is 0 Å². The van der Waals surface area contributed by atoms with Gasteiger partial charge < -0.3 is 5.32 Å². The van der Waals surface area contributed by atoms with Gasteiger partial charge in [0, 0.05) is 12.6 Å². The van der Waals surface area contributed by atoms with Crippen LogP contribution in [0.3, 0.4) is 0 Å². The van der Waals surface area contributed by atoms with Crippen molar-refractivity contribution >= 4 is 23.1 Å². The highest BCUT2D eigenvalue weighted by Gasteiger charge is 2.11. The van der Waals surface area contributed by atoms with Crippen LogP contribution in [0.5, 0.6) is 0 Å². The van der Waals surface area contributed by atoms with Gasteiger partial charge in [-0.1, -0.05) is 11.6 Å². The number of nitrogens with one attached hydrogen (secondary N) is 1. The van der Waals surface area contributed by atoms with Crippen molar-refractivity contribution in [1.82, 2.24) is 4.98 Å². The largest absolute Gasteiger partial charge is 0.368 e. The van der Waals surface area contributed by atoms with E-state index in [1.54, 1.807) is 6.92 Å². The van der Waals surface area contributed by atoms with Crippen molar-refractivity contribution in [2.24, 2.45) is 5.92 Å². The van der Waals surface area contributed by atoms with Crippen LogP contribution in [0.1, 0.15) is 6.92 Å². The molecule has 0 saturated carbocycles. The molecule has 6 nitrogen and oxygen atoms in total. The zero-order chi connectivity index (χ0) is 12.1. The molecule has 1 aromatic heterocycles. The third kappa shape index (κ3) is 3.07. The summed E-state index contributed by atoms with van der Waals surface area (Å²) < 4.78 is 0. The highest BCUT2D eigenvalue weighted by atomic mass is 35.5. The number of nitrogens with zero attached hydrogens (tertiary/aromatic N) is 3. The van der Waals surface area contributed by atoms with E-state index in [1.807, 2.05) is 6.07 Å². The molecule has 84 valence electrons. The maximum absolute atomic E-state index is 10.4. The lowest BCUT2D eigenvalue weighted by Crippen LogP contribution is -2.10. The topological polar surface area (TPSA) is 91.8 Å². The summed E-state index contributed by atoms with van der Waals surface area (Å²) in [7, 11) is 0. The molecule has 1 aromatic rings. The fourth-order valence-electron chi connectivity index (χ4n) is 0.953. The first-order valence-corrected chi connectivity index (χ1v) is 4.85. The Morgan fingerprint density at radius 1 is 1.81 bits per heavy atom. The molecular weight excluding hydrogens is 232 g/mol. The molecule has 1 unspecified atom stereocenters. The van der Waals surface area contributed by atoms with E-state index < -0.39 is 4.92 Å². The number of rotatable bonds is 4. The molecule has 0 fully saturated rings. The maximum atomic E-state index is 10.4. The van der Waals surface area contributed by atoms with Crippen LogP contribution in [-0.4, -0.2) is 16.5 Å². The number of hydrogen-bond donors (Lipinski definition) is 1. The average molecular weight is 241 g/mol. The van der Waals surface area contributed by atoms with Gasteiger partial charge in [0.1, 0.15) is 12.0 Å². The molecule has 0 aliphatic heterocycles. The number of nitro groups is 1. The molecule has 16 heavy (non-hydrogen) atoms. The van der Waals surface area contributed by atoms with Crippen LogP contribution in [0, 0.1) is 27.4 Å². The molecular formula is C9H9ClN4O2. The predicted octanol–water partition coefficient (Wildman–Crippen LogP) is 2.21. The normalized spacial score (nSPS) is 11.6. The van der Waals surface area contributed by atoms with Gasteiger partial charge in [-0.3, -0.25) is 10.1 Å². The lowest BCUT2D eigenvalue weighted by molar-refractivity contribution is -0.385. The van der Waals surface area contributed by atoms with Crippen molar-refractivity contribution in [3.63, 3.8) is 0 Å². The summed E-state index contributed by atoms with van der Waals surface area (Å²) in [5, 5.41) is 22.0. The van der Waals surface area contributed by atoms with Crippen molar-refractivity contribution in [2.75, 3.05) is 11.9 Å². The SMILES string of the molecule is CC(C#N)CNc1ncc([N+](=O)[O-])cc1Cl. The van der Waals surface area contributed by atoms with Crippen LogP contribution in [0.2, 0.25) is 5.02 Å². The fraction of sp³-hybridized carbons (Fsp3) is 0.333. The maximum Gasteiger partial charge on any atom is 0.289 e. The summed E-state index contributed by atoms with van der Waals surface area (Å²) in [6, 6.07) is 3.26. The van der Waals surface area contributed by atoms with E-state index in [2.05, 4.69) is 10.3 Å². The number of pyridine rings is 1. The van der Waals surface area contributed by atoms with Gasteiger partial charge in [-0.2, -0.15) is 5.26 Å². The fourth-order valence-corrected chi connectivity index (χ4v) is 1.18. The zero-order valence-electron chi connectivity index (χ0n) is 8.48. The van der Waals surface area contributed by atoms with Crippen LogP contribution in [0.4, 0.5) is 11.5 Å². The lowest BCUT2D eigenvalue weighted by atomic mass is 10.2. The van der Waals surface area contributed by atoms with Gasteiger partial charge in [0.05, 0.1) is 21.9 Å². The minimum atomic E-state index is -0.569. The molecule has 1 atom stereocenters. The Kier molecular flexibility index (Phi) is 4.03. The number of aromatic nitrogens is 1. The summed E-state index contributed by atoms with van der Waals surface area (Å²) in [4.78, 5) is 13.7. The van der Waals surface area contributed by atoms with Gasteiger partial charge in [-0.05, 0) is 6.92 Å². The second kappa shape index (κ2) is 5.28. The van der Waals surface area contributed by atoms with Crippen LogP contribution in [0.15, 0.2) is 12.3 Å². The summed E-state index contributed by atoms with van der Waals surface area (Å²) in [6.07, 6.45) is 1.12. The minimum Gasteiger partial charge on any atom is -0.368 e. The molecule has 0 saturated heterocycles. The van der Waals surface area contributed by atoms with Crippen molar-refractivity contribution < 1.29 is 4.92 Å². The Hall–Kier alpha value is -1.87. The van der Waals surface area contributed by atoms with Crippen molar-refractivity contribution in [3.8, 4) is 6.07 Å². The number of nitriles is 1.